The zero-order valence-corrected chi connectivity index (χ0v) is 20.5. The van der Waals surface area contributed by atoms with E-state index in [1.165, 1.54) is 18.2 Å². The number of ether oxygens (including phenoxy) is 2. The molecule has 0 fully saturated rings. The topological polar surface area (TPSA) is 93.1 Å². The first-order chi connectivity index (χ1) is 18.2. The number of aliphatic carboxylic acids is 1. The van der Waals surface area contributed by atoms with Crippen molar-refractivity contribution >= 4 is 21.7 Å². The summed E-state index contributed by atoms with van der Waals surface area (Å²) in [6.45, 7) is -4.41. The molecule has 1 aliphatic heterocycles. The minimum absolute atomic E-state index is 0.0145. The maximum atomic E-state index is 14.1. The molecule has 4 rings (SSSR count). The molecule has 0 aliphatic carbocycles. The molecule has 0 spiro atoms. The van der Waals surface area contributed by atoms with Gasteiger partial charge in [-0.05, 0) is 53.1 Å². The van der Waals surface area contributed by atoms with E-state index in [0.717, 1.165) is 34.6 Å². The standard InChI is InChI=1S/C25H19F6NO6S/c26-18-6-16(8-19(11-18)38-24(27)28)14-4-5-15-7-20(37-13-23(33)34)12-32(22(15)9-14)39(35,36)21-3-1-2-17(10-21)25(29,30)31/h1-6,8-11,20,24H,7,12-13H2,(H,33,34). The van der Waals surface area contributed by atoms with E-state index in [9.17, 15) is 39.6 Å². The van der Waals surface area contributed by atoms with Crippen LogP contribution in [0.4, 0.5) is 32.0 Å². The van der Waals surface area contributed by atoms with E-state index in [1.807, 2.05) is 0 Å². The highest BCUT2D eigenvalue weighted by atomic mass is 32.2. The smallest absolute Gasteiger partial charge is 0.416 e. The van der Waals surface area contributed by atoms with Crippen molar-refractivity contribution in [3.63, 3.8) is 0 Å². The molecule has 14 heteroatoms. The molecule has 3 aromatic carbocycles. The average molecular weight is 575 g/mol. The predicted molar refractivity (Wildman–Crippen MR) is 126 cm³/mol. The van der Waals surface area contributed by atoms with Gasteiger partial charge >= 0.3 is 18.8 Å². The molecular formula is C25H19F6NO6S. The van der Waals surface area contributed by atoms with Crippen LogP contribution in [0.25, 0.3) is 11.1 Å². The van der Waals surface area contributed by atoms with Crippen LogP contribution in [0.1, 0.15) is 11.1 Å². The summed E-state index contributed by atoms with van der Waals surface area (Å²) in [6, 6.07) is 10.2. The second kappa shape index (κ2) is 10.8. The van der Waals surface area contributed by atoms with Crippen LogP contribution in [0.15, 0.2) is 65.6 Å². The Morgan fingerprint density at radius 3 is 2.46 bits per heavy atom. The Hall–Kier alpha value is -3.78. The maximum absolute atomic E-state index is 14.1. The van der Waals surface area contributed by atoms with Crippen LogP contribution in [0.2, 0.25) is 0 Å². The minimum Gasteiger partial charge on any atom is -0.480 e. The van der Waals surface area contributed by atoms with Gasteiger partial charge in [-0.3, -0.25) is 4.31 Å². The highest BCUT2D eigenvalue weighted by molar-refractivity contribution is 7.92. The number of carboxylic acid groups (broad SMARTS) is 1. The number of hydrogen-bond donors (Lipinski definition) is 1. The van der Waals surface area contributed by atoms with Gasteiger partial charge in [-0.25, -0.2) is 17.6 Å². The minimum atomic E-state index is -4.82. The van der Waals surface area contributed by atoms with Crippen LogP contribution in [-0.2, 0) is 32.2 Å². The van der Waals surface area contributed by atoms with Crippen molar-refractivity contribution in [2.45, 2.75) is 30.2 Å². The predicted octanol–water partition coefficient (Wildman–Crippen LogP) is 5.33. The number of carboxylic acids is 1. The van der Waals surface area contributed by atoms with Crippen molar-refractivity contribution in [3.8, 4) is 16.9 Å². The van der Waals surface area contributed by atoms with Crippen LogP contribution in [0, 0.1) is 5.82 Å². The Labute approximate surface area is 218 Å². The van der Waals surface area contributed by atoms with Crippen LogP contribution >= 0.6 is 0 Å². The Morgan fingerprint density at radius 2 is 1.79 bits per heavy atom. The summed E-state index contributed by atoms with van der Waals surface area (Å²) in [4.78, 5) is 10.3. The molecule has 3 aromatic rings. The quantitative estimate of drug-likeness (QED) is 0.365. The molecule has 1 aliphatic rings. The molecule has 0 amide bonds. The summed E-state index contributed by atoms with van der Waals surface area (Å²) in [7, 11) is -4.65. The van der Waals surface area contributed by atoms with Crippen molar-refractivity contribution in [1.29, 1.82) is 0 Å². The third-order valence-electron chi connectivity index (χ3n) is 5.79. The third kappa shape index (κ3) is 6.45. The molecule has 1 atom stereocenters. The number of nitrogens with zero attached hydrogens (tertiary/aromatic N) is 1. The van der Waals surface area contributed by atoms with Gasteiger partial charge in [0.05, 0.1) is 28.8 Å². The lowest BCUT2D eigenvalue weighted by Gasteiger charge is -2.35. The number of alkyl halides is 5. The van der Waals surface area contributed by atoms with Gasteiger partial charge in [-0.15, -0.1) is 0 Å². The zero-order valence-electron chi connectivity index (χ0n) is 19.7. The first-order valence-corrected chi connectivity index (χ1v) is 12.6. The Bertz CT molecular complexity index is 1490. The van der Waals surface area contributed by atoms with Crippen LogP contribution < -0.4 is 9.04 Å². The van der Waals surface area contributed by atoms with Gasteiger partial charge in [0.25, 0.3) is 10.0 Å². The molecule has 0 bridgehead atoms. The number of halogens is 6. The van der Waals surface area contributed by atoms with E-state index in [-0.39, 0.29) is 23.2 Å². The van der Waals surface area contributed by atoms with Crippen LogP contribution in [0.5, 0.6) is 5.75 Å². The molecule has 7 nitrogen and oxygen atoms in total. The lowest BCUT2D eigenvalue weighted by Crippen LogP contribution is -2.44. The fourth-order valence-electron chi connectivity index (χ4n) is 4.13. The Morgan fingerprint density at radius 1 is 1.05 bits per heavy atom. The van der Waals surface area contributed by atoms with Crippen molar-refractivity contribution in [1.82, 2.24) is 0 Å². The lowest BCUT2D eigenvalue weighted by molar-refractivity contribution is -0.144. The summed E-state index contributed by atoms with van der Waals surface area (Å²) in [5, 5.41) is 8.96. The van der Waals surface area contributed by atoms with Crippen molar-refractivity contribution in [2.75, 3.05) is 17.5 Å². The van der Waals surface area contributed by atoms with Crippen molar-refractivity contribution in [3.05, 3.63) is 77.6 Å². The summed E-state index contributed by atoms with van der Waals surface area (Å²) in [5.74, 6) is -2.69. The van der Waals surface area contributed by atoms with Crippen LogP contribution in [-0.4, -0.2) is 45.4 Å². The lowest BCUT2D eigenvalue weighted by atomic mass is 9.96. The third-order valence-corrected chi connectivity index (χ3v) is 7.57. The molecule has 208 valence electrons. The number of hydrogen-bond acceptors (Lipinski definition) is 5. The van der Waals surface area contributed by atoms with Crippen LogP contribution in [0.3, 0.4) is 0 Å². The number of sulfonamides is 1. The SMILES string of the molecule is O=C(O)COC1Cc2ccc(-c3cc(F)cc(OC(F)F)c3)cc2N(S(=O)(=O)c2cccc(C(F)(F)F)c2)C1. The molecule has 0 aromatic heterocycles. The molecule has 0 radical (unpaired) electrons. The molecule has 39 heavy (non-hydrogen) atoms. The first kappa shape index (κ1) is 28.2. The fraction of sp³-hybridized carbons (Fsp3) is 0.240. The average Bonchev–Trinajstić information content (AvgIpc) is 2.85. The van der Waals surface area contributed by atoms with Crippen molar-refractivity contribution in [2.24, 2.45) is 0 Å². The maximum Gasteiger partial charge on any atom is 0.416 e. The zero-order chi connectivity index (χ0) is 28.5. The summed E-state index contributed by atoms with van der Waals surface area (Å²) < 4.78 is 117. The first-order valence-electron chi connectivity index (χ1n) is 11.2. The number of fused-ring (bicyclic) bond motifs is 1. The van der Waals surface area contributed by atoms with E-state index in [2.05, 4.69) is 4.74 Å². The molecular weight excluding hydrogens is 556 g/mol. The van der Waals surface area contributed by atoms with E-state index in [4.69, 9.17) is 9.84 Å². The summed E-state index contributed by atoms with van der Waals surface area (Å²) >= 11 is 0. The van der Waals surface area contributed by atoms with Gasteiger partial charge in [-0.2, -0.15) is 22.0 Å². The second-order valence-corrected chi connectivity index (χ2v) is 10.4. The molecule has 1 N–H and O–H groups in total. The second-order valence-electron chi connectivity index (χ2n) is 8.49. The Kier molecular flexibility index (Phi) is 7.80. The number of carbonyl (C=O) groups is 1. The number of rotatable bonds is 8. The summed E-state index contributed by atoms with van der Waals surface area (Å²) in [6.07, 6.45) is -5.72. The van der Waals surface area contributed by atoms with Gasteiger partial charge in [0.2, 0.25) is 0 Å². The van der Waals surface area contributed by atoms with Crippen molar-refractivity contribution < 1.29 is 54.1 Å². The van der Waals surface area contributed by atoms with Gasteiger partial charge in [0.1, 0.15) is 18.2 Å². The van der Waals surface area contributed by atoms with Gasteiger partial charge in [0, 0.05) is 12.5 Å². The fourth-order valence-corrected chi connectivity index (χ4v) is 5.70. The normalized spacial score (nSPS) is 15.8. The molecule has 1 unspecified atom stereocenters. The van der Waals surface area contributed by atoms with E-state index in [1.54, 1.807) is 0 Å². The highest BCUT2D eigenvalue weighted by Crippen LogP contribution is 2.38. The van der Waals surface area contributed by atoms with Gasteiger partial charge in [0.15, 0.2) is 0 Å². The highest BCUT2D eigenvalue weighted by Gasteiger charge is 2.37. The molecule has 0 saturated heterocycles. The van der Waals surface area contributed by atoms with E-state index in [0.29, 0.717) is 17.7 Å². The van der Waals surface area contributed by atoms with Gasteiger partial charge < -0.3 is 14.6 Å². The van der Waals surface area contributed by atoms with E-state index >= 15 is 0 Å². The van der Waals surface area contributed by atoms with Gasteiger partial charge in [-0.1, -0.05) is 18.2 Å². The monoisotopic (exact) mass is 575 g/mol. The number of benzene rings is 3. The molecule has 1 heterocycles. The summed E-state index contributed by atoms with van der Waals surface area (Å²) in [5.41, 5.74) is -0.577. The molecule has 0 saturated carbocycles. The van der Waals surface area contributed by atoms with E-state index < -0.39 is 70.1 Å². The Balaban J connectivity index is 1.81. The largest absolute Gasteiger partial charge is 0.480 e. The number of anilines is 1.